The van der Waals surface area contributed by atoms with E-state index in [-0.39, 0.29) is 53.4 Å². The first-order valence-electron chi connectivity index (χ1n) is 9.10. The first-order valence-corrected chi connectivity index (χ1v) is 9.10. The van der Waals surface area contributed by atoms with E-state index in [0.717, 1.165) is 0 Å². The molecule has 6 nitrogen and oxygen atoms in total. The van der Waals surface area contributed by atoms with Gasteiger partial charge in [-0.2, -0.15) is 0 Å². The standard InChI is InChI=1S/C22H20O6/c1-3-13(2)21(25)27-10-11-28-22(26)14-8-9-17-18(12-14)20(24)16-7-5-4-6-15(16)19(17)23/h4-9,12-13H,3,10-11H2,1-2H3. The average Bonchev–Trinajstić information content (AvgIpc) is 2.73. The van der Waals surface area contributed by atoms with E-state index in [9.17, 15) is 19.2 Å². The summed E-state index contributed by atoms with van der Waals surface area (Å²) in [6.45, 7) is 3.52. The second kappa shape index (κ2) is 8.17. The molecule has 1 aliphatic rings. The van der Waals surface area contributed by atoms with E-state index in [1.165, 1.54) is 18.2 Å². The van der Waals surface area contributed by atoms with Crippen molar-refractivity contribution in [3.05, 3.63) is 70.3 Å². The molecule has 2 aromatic rings. The summed E-state index contributed by atoms with van der Waals surface area (Å²) in [4.78, 5) is 49.1. The van der Waals surface area contributed by atoms with Crippen LogP contribution in [-0.4, -0.2) is 36.7 Å². The van der Waals surface area contributed by atoms with Crippen molar-refractivity contribution in [2.24, 2.45) is 5.92 Å². The lowest BCUT2D eigenvalue weighted by Gasteiger charge is -2.17. The summed E-state index contributed by atoms with van der Waals surface area (Å²) >= 11 is 0. The average molecular weight is 380 g/mol. The van der Waals surface area contributed by atoms with E-state index < -0.39 is 5.97 Å². The van der Waals surface area contributed by atoms with Gasteiger partial charge in [0.2, 0.25) is 0 Å². The fourth-order valence-electron chi connectivity index (χ4n) is 2.90. The molecular weight excluding hydrogens is 360 g/mol. The van der Waals surface area contributed by atoms with Crippen molar-refractivity contribution in [3.63, 3.8) is 0 Å². The number of hydrogen-bond donors (Lipinski definition) is 0. The molecule has 28 heavy (non-hydrogen) atoms. The van der Waals surface area contributed by atoms with Crippen LogP contribution in [-0.2, 0) is 14.3 Å². The van der Waals surface area contributed by atoms with Crippen LogP contribution < -0.4 is 0 Å². The van der Waals surface area contributed by atoms with E-state index >= 15 is 0 Å². The predicted octanol–water partition coefficient (Wildman–Crippen LogP) is 3.21. The number of hydrogen-bond acceptors (Lipinski definition) is 6. The van der Waals surface area contributed by atoms with Crippen LogP contribution in [0.4, 0.5) is 0 Å². The van der Waals surface area contributed by atoms with Crippen molar-refractivity contribution >= 4 is 23.5 Å². The van der Waals surface area contributed by atoms with Gasteiger partial charge in [0.1, 0.15) is 13.2 Å². The molecular formula is C22H20O6. The number of ether oxygens (including phenoxy) is 2. The van der Waals surface area contributed by atoms with Gasteiger partial charge in [-0.25, -0.2) is 4.79 Å². The predicted molar refractivity (Wildman–Crippen MR) is 100 cm³/mol. The van der Waals surface area contributed by atoms with Crippen molar-refractivity contribution in [2.45, 2.75) is 20.3 Å². The topological polar surface area (TPSA) is 86.7 Å². The lowest BCUT2D eigenvalue weighted by Crippen LogP contribution is -2.22. The molecule has 1 aliphatic carbocycles. The molecule has 0 aliphatic heterocycles. The van der Waals surface area contributed by atoms with E-state index in [0.29, 0.717) is 17.5 Å². The molecule has 0 amide bonds. The number of carbonyl (C=O) groups excluding carboxylic acids is 4. The minimum Gasteiger partial charge on any atom is -0.462 e. The highest BCUT2D eigenvalue weighted by Crippen LogP contribution is 2.28. The highest BCUT2D eigenvalue weighted by Gasteiger charge is 2.30. The summed E-state index contributed by atoms with van der Waals surface area (Å²) in [5.41, 5.74) is 1.29. The van der Waals surface area contributed by atoms with Crippen LogP contribution in [0, 0.1) is 5.92 Å². The second-order valence-corrected chi connectivity index (χ2v) is 6.58. The Labute approximate surface area is 162 Å². The number of fused-ring (bicyclic) bond motifs is 2. The Hall–Kier alpha value is -3.28. The smallest absolute Gasteiger partial charge is 0.338 e. The maximum absolute atomic E-state index is 12.7. The number of esters is 2. The van der Waals surface area contributed by atoms with Gasteiger partial charge in [0.05, 0.1) is 11.5 Å². The van der Waals surface area contributed by atoms with Gasteiger partial charge in [-0.15, -0.1) is 0 Å². The highest BCUT2D eigenvalue weighted by atomic mass is 16.6. The van der Waals surface area contributed by atoms with Crippen LogP contribution in [0.25, 0.3) is 0 Å². The maximum atomic E-state index is 12.7. The first kappa shape index (κ1) is 19.5. The molecule has 0 saturated carbocycles. The lowest BCUT2D eigenvalue weighted by molar-refractivity contribution is -0.149. The minimum absolute atomic E-state index is 0.0371. The van der Waals surface area contributed by atoms with Crippen molar-refractivity contribution in [1.82, 2.24) is 0 Å². The molecule has 144 valence electrons. The summed E-state index contributed by atoms with van der Waals surface area (Å²) in [6, 6.07) is 10.9. The van der Waals surface area contributed by atoms with Crippen LogP contribution in [0.2, 0.25) is 0 Å². The largest absolute Gasteiger partial charge is 0.462 e. The van der Waals surface area contributed by atoms with Gasteiger partial charge in [-0.3, -0.25) is 14.4 Å². The third kappa shape index (κ3) is 3.71. The Morgan fingerprint density at radius 1 is 0.857 bits per heavy atom. The van der Waals surface area contributed by atoms with E-state index in [1.54, 1.807) is 31.2 Å². The van der Waals surface area contributed by atoms with Gasteiger partial charge < -0.3 is 9.47 Å². The Kier molecular flexibility index (Phi) is 5.68. The maximum Gasteiger partial charge on any atom is 0.338 e. The fraction of sp³-hybridized carbons (Fsp3) is 0.273. The SMILES string of the molecule is CCC(C)C(=O)OCCOC(=O)c1ccc2c(c1)C(=O)c1ccccc1C2=O. The molecule has 0 N–H and O–H groups in total. The number of benzene rings is 2. The van der Waals surface area contributed by atoms with Gasteiger partial charge in [0.25, 0.3) is 0 Å². The fourth-order valence-corrected chi connectivity index (χ4v) is 2.90. The quantitative estimate of drug-likeness (QED) is 0.482. The van der Waals surface area contributed by atoms with Gasteiger partial charge in [-0.1, -0.05) is 38.1 Å². The van der Waals surface area contributed by atoms with E-state index in [4.69, 9.17) is 9.47 Å². The Morgan fingerprint density at radius 3 is 2.07 bits per heavy atom. The van der Waals surface area contributed by atoms with Crippen LogP contribution in [0.5, 0.6) is 0 Å². The molecule has 2 aromatic carbocycles. The van der Waals surface area contributed by atoms with Crippen molar-refractivity contribution in [2.75, 3.05) is 13.2 Å². The third-order valence-corrected chi connectivity index (χ3v) is 4.74. The van der Waals surface area contributed by atoms with E-state index in [2.05, 4.69) is 0 Å². The molecule has 0 aromatic heterocycles. The van der Waals surface area contributed by atoms with Crippen LogP contribution in [0.1, 0.15) is 62.5 Å². The van der Waals surface area contributed by atoms with Gasteiger partial charge in [0.15, 0.2) is 11.6 Å². The molecule has 1 atom stereocenters. The van der Waals surface area contributed by atoms with Crippen molar-refractivity contribution in [3.8, 4) is 0 Å². The molecule has 0 heterocycles. The van der Waals surface area contributed by atoms with Crippen LogP contribution in [0.15, 0.2) is 42.5 Å². The number of rotatable bonds is 6. The monoisotopic (exact) mass is 380 g/mol. The summed E-state index contributed by atoms with van der Waals surface area (Å²) < 4.78 is 10.1. The summed E-state index contributed by atoms with van der Waals surface area (Å²) in [6.07, 6.45) is 0.670. The van der Waals surface area contributed by atoms with Gasteiger partial charge in [0, 0.05) is 22.3 Å². The van der Waals surface area contributed by atoms with Crippen LogP contribution >= 0.6 is 0 Å². The Morgan fingerprint density at radius 2 is 1.43 bits per heavy atom. The van der Waals surface area contributed by atoms with Gasteiger partial charge >= 0.3 is 11.9 Å². The third-order valence-electron chi connectivity index (χ3n) is 4.74. The molecule has 0 spiro atoms. The van der Waals surface area contributed by atoms with Crippen molar-refractivity contribution in [1.29, 1.82) is 0 Å². The second-order valence-electron chi connectivity index (χ2n) is 6.58. The minimum atomic E-state index is -0.651. The molecule has 1 unspecified atom stereocenters. The number of ketones is 2. The zero-order valence-corrected chi connectivity index (χ0v) is 15.7. The molecule has 0 fully saturated rings. The Bertz CT molecular complexity index is 959. The summed E-state index contributed by atoms with van der Waals surface area (Å²) in [7, 11) is 0. The highest BCUT2D eigenvalue weighted by molar-refractivity contribution is 6.28. The van der Waals surface area contributed by atoms with E-state index in [1.807, 2.05) is 6.92 Å². The molecule has 0 bridgehead atoms. The first-order chi connectivity index (χ1) is 13.4. The summed E-state index contributed by atoms with van der Waals surface area (Å²) in [5.74, 6) is -1.75. The molecule has 6 heteroatoms. The normalized spacial score (nSPS) is 13.4. The van der Waals surface area contributed by atoms with Crippen molar-refractivity contribution < 1.29 is 28.7 Å². The molecule has 0 saturated heterocycles. The zero-order chi connectivity index (χ0) is 20.3. The van der Waals surface area contributed by atoms with Crippen LogP contribution in [0.3, 0.4) is 0 Å². The van der Waals surface area contributed by atoms with Gasteiger partial charge in [-0.05, 0) is 24.6 Å². The number of carbonyl (C=O) groups is 4. The lowest BCUT2D eigenvalue weighted by atomic mass is 9.83. The Balaban J connectivity index is 1.68. The summed E-state index contributed by atoms with van der Waals surface area (Å²) in [5, 5.41) is 0. The molecule has 0 radical (unpaired) electrons. The molecule has 3 rings (SSSR count). The zero-order valence-electron chi connectivity index (χ0n) is 15.7.